The maximum absolute atomic E-state index is 2.49. The van der Waals surface area contributed by atoms with E-state index in [4.69, 9.17) is 0 Å². The van der Waals surface area contributed by atoms with Crippen molar-refractivity contribution in [1.29, 1.82) is 0 Å². The molecule has 0 aliphatic heterocycles. The minimum absolute atomic E-state index is 0.746. The summed E-state index contributed by atoms with van der Waals surface area (Å²) in [5.41, 5.74) is 0. The van der Waals surface area contributed by atoms with Crippen LogP contribution in [-0.4, -0.2) is 0 Å². The van der Waals surface area contributed by atoms with Gasteiger partial charge in [-0.25, -0.2) is 0 Å². The largest absolute Gasteiger partial charge is 0.0852 e. The van der Waals surface area contributed by atoms with Gasteiger partial charge in [0.15, 0.2) is 0 Å². The Balaban J connectivity index is 4.08. The smallest absolute Gasteiger partial charge is 0.0234 e. The molecule has 0 heterocycles. The van der Waals surface area contributed by atoms with Crippen molar-refractivity contribution in [1.82, 2.24) is 0 Å². The van der Waals surface area contributed by atoms with Crippen LogP contribution in [-0.2, 0) is 0 Å². The highest BCUT2D eigenvalue weighted by Crippen LogP contribution is 2.21. The summed E-state index contributed by atoms with van der Waals surface area (Å²) in [4.78, 5) is 0. The minimum Gasteiger partial charge on any atom is -0.0852 e. The fourth-order valence-corrected chi connectivity index (χ4v) is 2.32. The number of allylic oxidation sites excluding steroid dienone is 2. The van der Waals surface area contributed by atoms with Gasteiger partial charge in [0, 0.05) is 0 Å². The summed E-state index contributed by atoms with van der Waals surface area (Å²) >= 11 is 0. The first-order valence-corrected chi connectivity index (χ1v) is 7.33. The van der Waals surface area contributed by atoms with Gasteiger partial charge < -0.3 is 0 Å². The molecule has 0 nitrogen and oxygen atoms in total. The Bertz CT molecular complexity index is 163. The molecule has 0 aliphatic carbocycles. The van der Waals surface area contributed by atoms with Crippen molar-refractivity contribution in [2.75, 3.05) is 0 Å². The SMILES string of the molecule is CCCC(C=CC(C)C(C)CCC)CCC. The number of hydrogen-bond donors (Lipinski definition) is 0. The zero-order valence-corrected chi connectivity index (χ0v) is 12.1. The van der Waals surface area contributed by atoms with E-state index in [1.807, 2.05) is 0 Å². The molecule has 0 rings (SSSR count). The Labute approximate surface area is 104 Å². The third-order valence-corrected chi connectivity index (χ3v) is 3.65. The van der Waals surface area contributed by atoms with Crippen LogP contribution in [0.2, 0.25) is 0 Å². The first-order chi connectivity index (χ1) is 7.65. The third kappa shape index (κ3) is 7.09. The van der Waals surface area contributed by atoms with Crippen molar-refractivity contribution in [3.8, 4) is 0 Å². The third-order valence-electron chi connectivity index (χ3n) is 3.65. The van der Waals surface area contributed by atoms with Crippen LogP contribution in [0.25, 0.3) is 0 Å². The second-order valence-electron chi connectivity index (χ2n) is 5.35. The van der Waals surface area contributed by atoms with Crippen molar-refractivity contribution in [3.63, 3.8) is 0 Å². The predicted octanol–water partition coefficient (Wildman–Crippen LogP) is 5.83. The van der Waals surface area contributed by atoms with Gasteiger partial charge in [-0.2, -0.15) is 0 Å². The molecule has 0 aromatic heterocycles. The standard InChI is InChI=1S/C16H32/c1-6-9-14(4)15(5)12-13-16(10-7-2)11-8-3/h12-16H,6-11H2,1-5H3. The topological polar surface area (TPSA) is 0 Å². The van der Waals surface area contributed by atoms with Crippen molar-refractivity contribution in [2.24, 2.45) is 17.8 Å². The van der Waals surface area contributed by atoms with E-state index in [-0.39, 0.29) is 0 Å². The maximum Gasteiger partial charge on any atom is -0.0234 e. The maximum atomic E-state index is 2.49. The summed E-state index contributed by atoms with van der Waals surface area (Å²) in [5, 5.41) is 0. The molecule has 16 heavy (non-hydrogen) atoms. The van der Waals surface area contributed by atoms with Crippen LogP contribution in [0, 0.1) is 17.8 Å². The van der Waals surface area contributed by atoms with Crippen LogP contribution >= 0.6 is 0 Å². The molecule has 0 N–H and O–H groups in total. The highest BCUT2D eigenvalue weighted by Gasteiger charge is 2.09. The molecule has 0 amide bonds. The normalized spacial score (nSPS) is 15.9. The average molecular weight is 224 g/mol. The van der Waals surface area contributed by atoms with Crippen molar-refractivity contribution in [3.05, 3.63) is 12.2 Å². The van der Waals surface area contributed by atoms with E-state index in [0.29, 0.717) is 0 Å². The van der Waals surface area contributed by atoms with E-state index in [2.05, 4.69) is 46.8 Å². The molecule has 0 saturated carbocycles. The zero-order valence-electron chi connectivity index (χ0n) is 12.1. The van der Waals surface area contributed by atoms with Gasteiger partial charge in [-0.05, 0) is 30.6 Å². The Hall–Kier alpha value is -0.260. The molecule has 0 aromatic rings. The van der Waals surface area contributed by atoms with Gasteiger partial charge in [-0.15, -0.1) is 0 Å². The lowest BCUT2D eigenvalue weighted by Gasteiger charge is -2.17. The molecule has 0 fully saturated rings. The Kier molecular flexibility index (Phi) is 9.77. The summed E-state index contributed by atoms with van der Waals surface area (Å²) in [6.45, 7) is 11.6. The van der Waals surface area contributed by atoms with E-state index in [0.717, 1.165) is 17.8 Å². The van der Waals surface area contributed by atoms with E-state index in [1.165, 1.54) is 38.5 Å². The molecule has 0 aromatic carbocycles. The van der Waals surface area contributed by atoms with Gasteiger partial charge in [0.1, 0.15) is 0 Å². The van der Waals surface area contributed by atoms with Gasteiger partial charge in [0.25, 0.3) is 0 Å². The van der Waals surface area contributed by atoms with Gasteiger partial charge in [-0.1, -0.05) is 72.5 Å². The second kappa shape index (κ2) is 9.93. The summed E-state index contributed by atoms with van der Waals surface area (Å²) in [5.74, 6) is 2.41. The lowest BCUT2D eigenvalue weighted by molar-refractivity contribution is 0.419. The molecule has 0 saturated heterocycles. The van der Waals surface area contributed by atoms with Crippen LogP contribution < -0.4 is 0 Å². The van der Waals surface area contributed by atoms with E-state index < -0.39 is 0 Å². The van der Waals surface area contributed by atoms with Gasteiger partial charge in [-0.3, -0.25) is 0 Å². The molecule has 96 valence electrons. The molecule has 0 heteroatoms. The monoisotopic (exact) mass is 224 g/mol. The Morgan fingerprint density at radius 3 is 1.69 bits per heavy atom. The van der Waals surface area contributed by atoms with Crippen molar-refractivity contribution in [2.45, 2.75) is 73.1 Å². The van der Waals surface area contributed by atoms with Crippen LogP contribution in [0.15, 0.2) is 12.2 Å². The summed E-state index contributed by atoms with van der Waals surface area (Å²) in [6.07, 6.45) is 13.0. The molecular weight excluding hydrogens is 192 g/mol. The molecular formula is C16H32. The van der Waals surface area contributed by atoms with Crippen LogP contribution in [0.3, 0.4) is 0 Å². The molecule has 2 unspecified atom stereocenters. The van der Waals surface area contributed by atoms with E-state index in [1.54, 1.807) is 0 Å². The number of hydrogen-bond acceptors (Lipinski definition) is 0. The van der Waals surface area contributed by atoms with E-state index in [9.17, 15) is 0 Å². The summed E-state index contributed by atoms with van der Waals surface area (Å²) < 4.78 is 0. The minimum atomic E-state index is 0.746. The van der Waals surface area contributed by atoms with Gasteiger partial charge in [0.2, 0.25) is 0 Å². The van der Waals surface area contributed by atoms with Gasteiger partial charge >= 0.3 is 0 Å². The molecule has 0 radical (unpaired) electrons. The first kappa shape index (κ1) is 15.7. The molecule has 2 atom stereocenters. The zero-order chi connectivity index (χ0) is 12.4. The fourth-order valence-electron chi connectivity index (χ4n) is 2.32. The summed E-state index contributed by atoms with van der Waals surface area (Å²) in [7, 11) is 0. The van der Waals surface area contributed by atoms with Gasteiger partial charge in [0.05, 0.1) is 0 Å². The first-order valence-electron chi connectivity index (χ1n) is 7.33. The van der Waals surface area contributed by atoms with Crippen molar-refractivity contribution >= 4 is 0 Å². The van der Waals surface area contributed by atoms with Crippen LogP contribution in [0.4, 0.5) is 0 Å². The highest BCUT2D eigenvalue weighted by molar-refractivity contribution is 4.92. The van der Waals surface area contributed by atoms with Crippen LogP contribution in [0.5, 0.6) is 0 Å². The highest BCUT2D eigenvalue weighted by atomic mass is 14.1. The quantitative estimate of drug-likeness (QED) is 0.432. The van der Waals surface area contributed by atoms with E-state index >= 15 is 0 Å². The summed E-state index contributed by atoms with van der Waals surface area (Å²) in [6, 6.07) is 0. The average Bonchev–Trinajstić information content (AvgIpc) is 2.26. The fraction of sp³-hybridized carbons (Fsp3) is 0.875. The molecule has 0 aliphatic rings. The number of rotatable bonds is 9. The Morgan fingerprint density at radius 2 is 1.25 bits per heavy atom. The van der Waals surface area contributed by atoms with Crippen LogP contribution in [0.1, 0.15) is 73.1 Å². The molecule has 0 bridgehead atoms. The lowest BCUT2D eigenvalue weighted by Crippen LogP contribution is -2.05. The second-order valence-corrected chi connectivity index (χ2v) is 5.35. The predicted molar refractivity (Wildman–Crippen MR) is 75.7 cm³/mol. The van der Waals surface area contributed by atoms with Crippen molar-refractivity contribution < 1.29 is 0 Å². The lowest BCUT2D eigenvalue weighted by atomic mass is 9.89. The molecule has 0 spiro atoms. The Morgan fingerprint density at radius 1 is 0.750 bits per heavy atom.